The second kappa shape index (κ2) is 64.8. The summed E-state index contributed by atoms with van der Waals surface area (Å²) in [5.41, 5.74) is 0. The Morgan fingerprint density at radius 3 is 0.654 bits per heavy atom. The molecule has 1 unspecified atom stereocenters. The zero-order valence-corrected chi connectivity index (χ0v) is 58.3. The summed E-state index contributed by atoms with van der Waals surface area (Å²) >= 11 is 0. The standard InChI is InChI=1S/C9H5F13O2.C9H7F11O2.C7H4F10O2.C7H5F9O2.C5H2F8O2.2C3H2F4O.C2H5F.3CH3F.4CH4/c1-2-5(13,14)8(19,20)24-6(15,7(16,17)18)9(21,22)23-4(12)3(10)11;1-2-6(13,14)8(17,18)21-3-7(15,16)9(19,20)22-5(12)4(10)11;8-1-6(14,15)18-2-5(12,13)7(16,17)19-4(11)3(9)10;1-2-5(11,12)18-7(15,16)6(13,14)17-4(10)3(8)9;6-1-14-4(10,11)5(12,13)15-3(9)2(7)8;2*4-1-8-3(7)2(5)6;1-2-3;3*1-2;;;;/h2H2,1H3;2-3H2,1H3;1-2H2;2H2,1H3;1H2;2*1H2;2H2,1H3;3*1H3;4*1H4. The van der Waals surface area contributed by atoms with Gasteiger partial charge in [0.1, 0.15) is 13.2 Å². The van der Waals surface area contributed by atoms with E-state index in [0.29, 0.717) is 35.4 Å². The molecule has 0 aliphatic rings. The van der Waals surface area contributed by atoms with Gasteiger partial charge in [-0.1, -0.05) is 50.5 Å². The smallest absolute Gasteiger partial charge is 0.435 e. The summed E-state index contributed by atoms with van der Waals surface area (Å²) in [5.74, 6) is -29.1. The third-order valence-corrected chi connectivity index (χ3v) is 8.75. The minimum Gasteiger partial charge on any atom is -0.435 e. The number of alkyl halides is 42. The van der Waals surface area contributed by atoms with Crippen LogP contribution in [0.4, 0.5) is 277 Å². The van der Waals surface area contributed by atoms with Crippen molar-refractivity contribution in [1.82, 2.24) is 0 Å². The fourth-order valence-electron chi connectivity index (χ4n) is 3.40. The van der Waals surface area contributed by atoms with Gasteiger partial charge in [-0.05, 0) is 6.92 Å². The molecular weight excluding hydrogens is 2010 g/mol. The van der Waals surface area contributed by atoms with Crippen LogP contribution in [-0.2, 0) is 56.8 Å². The van der Waals surface area contributed by atoms with E-state index in [2.05, 4.69) is 47.4 Å². The number of hydrogen-bond donors (Lipinski definition) is 0. The van der Waals surface area contributed by atoms with Crippen LogP contribution in [0.3, 0.4) is 0 Å². The summed E-state index contributed by atoms with van der Waals surface area (Å²) in [6, 6.07) is -21.3. The highest BCUT2D eigenvalue weighted by Crippen LogP contribution is 2.54. The first-order valence-electron chi connectivity index (χ1n) is 26.9. The molecule has 0 aromatic carbocycles. The summed E-state index contributed by atoms with van der Waals surface area (Å²) in [6.07, 6.45) is -98.9. The van der Waals surface area contributed by atoms with Crippen LogP contribution in [0.25, 0.3) is 0 Å². The van der Waals surface area contributed by atoms with Gasteiger partial charge in [0.2, 0.25) is 13.7 Å². The Bertz CT molecular complexity index is 3070. The minimum atomic E-state index is -7.23. The summed E-state index contributed by atoms with van der Waals surface area (Å²) < 4.78 is 779. The van der Waals surface area contributed by atoms with E-state index in [-0.39, 0.29) is 43.3 Å². The second-order valence-electron chi connectivity index (χ2n) is 17.1. The van der Waals surface area contributed by atoms with E-state index in [4.69, 9.17) is 0 Å². The molecule has 0 saturated heterocycles. The monoisotopic (exact) mass is 2070 g/mol. The van der Waals surface area contributed by atoms with Crippen LogP contribution >= 0.6 is 0 Å². The average Bonchev–Trinajstić information content (AvgIpc) is 0.738. The molecule has 75 heteroatoms. The topological polar surface area (TPSA) is 111 Å². The van der Waals surface area contributed by atoms with E-state index in [1.54, 1.807) is 0 Å². The number of hydrogen-bond acceptors (Lipinski definition) is 12. The molecule has 0 rings (SSSR count). The molecule has 0 aromatic heterocycles. The van der Waals surface area contributed by atoms with E-state index in [1.165, 1.54) is 6.92 Å². The number of halogens is 63. The molecule has 0 fully saturated rings. The predicted molar refractivity (Wildman–Crippen MR) is 294 cm³/mol. The molecule has 0 N–H and O–H groups in total. The molecule has 0 heterocycles. The third kappa shape index (κ3) is 58.5. The van der Waals surface area contributed by atoms with Gasteiger partial charge >= 0.3 is 188 Å². The Morgan fingerprint density at radius 2 is 0.449 bits per heavy atom. The lowest BCUT2D eigenvalue weighted by Gasteiger charge is -2.37. The van der Waals surface area contributed by atoms with Crippen molar-refractivity contribution in [2.24, 2.45) is 0 Å². The van der Waals surface area contributed by atoms with Crippen LogP contribution < -0.4 is 0 Å². The van der Waals surface area contributed by atoms with Crippen LogP contribution in [0.15, 0.2) is 84.7 Å². The van der Waals surface area contributed by atoms with Gasteiger partial charge in [0.05, 0.1) is 28.2 Å². The molecule has 12 nitrogen and oxygen atoms in total. The summed E-state index contributed by atoms with van der Waals surface area (Å²) in [4.78, 5) is 0. The van der Waals surface area contributed by atoms with Crippen LogP contribution in [0.1, 0.15) is 76.7 Å². The molecule has 0 spiro atoms. The molecule has 0 radical (unpaired) electrons. The van der Waals surface area contributed by atoms with Gasteiger partial charge in [0, 0.05) is 19.3 Å². The minimum absolute atomic E-state index is 0. The van der Waals surface area contributed by atoms with Gasteiger partial charge in [-0.3, -0.25) is 27.0 Å². The molecule has 778 valence electrons. The normalized spacial score (nSPS) is 12.3. The lowest BCUT2D eigenvalue weighted by Crippen LogP contribution is -2.63. The Labute approximate surface area is 666 Å². The third-order valence-electron chi connectivity index (χ3n) is 8.75. The van der Waals surface area contributed by atoms with Gasteiger partial charge in [-0.2, -0.15) is 241 Å². The zero-order valence-electron chi connectivity index (χ0n) is 58.3. The Kier molecular flexibility index (Phi) is 78.3. The molecule has 0 aromatic rings. The molecule has 1 atom stereocenters. The SMILES string of the molecule is C.C.C.C.CCC(F)(F)C(F)(F)OC(F)(C(F)(F)F)C(F)(F)OC(F)=C(F)F.CCC(F)(F)C(F)(F)OCC(F)(F)C(F)(F)OC(F)=C(F)F.CCC(F)(F)OC(F)(F)C(F)(F)OC(F)=C(F)F.CCF.CF.CF.CF.FCC(F)(F)OCC(F)(F)C(F)(F)OC(F)=C(F)F.FCOC(F)(F)C(F)(F)OC(F)=C(F)F.FCOC(F)=C(F)F.FCOC(F)=C(F)F. The van der Waals surface area contributed by atoms with Gasteiger partial charge < -0.3 is 42.6 Å². The van der Waals surface area contributed by atoms with Crippen LogP contribution in [-0.4, -0.2) is 172 Å². The van der Waals surface area contributed by atoms with Gasteiger partial charge in [-0.25, -0.2) is 22.3 Å². The Hall–Kier alpha value is -7.83. The first kappa shape index (κ1) is 153. The van der Waals surface area contributed by atoms with Gasteiger partial charge in [-0.15, -0.1) is 0 Å². The summed E-state index contributed by atoms with van der Waals surface area (Å²) in [6.45, 7) is -11.3. The summed E-state index contributed by atoms with van der Waals surface area (Å²) in [7, 11) is 1.50. The highest BCUT2D eigenvalue weighted by molar-refractivity contribution is 4.95. The molecule has 0 aliphatic heterocycles. The van der Waals surface area contributed by atoms with Crippen molar-refractivity contribution in [2.45, 2.75) is 180 Å². The first-order chi connectivity index (χ1) is 54.5. The average molecular weight is 2070 g/mol. The maximum absolute atomic E-state index is 13.4. The van der Waals surface area contributed by atoms with Crippen LogP contribution in [0.5, 0.6) is 0 Å². The highest BCUT2D eigenvalue weighted by atomic mass is 19.4. The second-order valence-corrected chi connectivity index (χ2v) is 17.1. The highest BCUT2D eigenvalue weighted by Gasteiger charge is 2.81. The first-order valence-corrected chi connectivity index (χ1v) is 26.9. The molecule has 0 amide bonds. The van der Waals surface area contributed by atoms with Crippen LogP contribution in [0.2, 0.25) is 0 Å². The van der Waals surface area contributed by atoms with Crippen molar-refractivity contribution < 1.29 is 333 Å². The van der Waals surface area contributed by atoms with Gasteiger partial charge in [0.15, 0.2) is 13.5 Å². The van der Waals surface area contributed by atoms with E-state index in [0.717, 1.165) is 0 Å². The maximum Gasteiger partial charge on any atom is 0.496 e. The van der Waals surface area contributed by atoms with Crippen molar-refractivity contribution >= 4 is 0 Å². The molecule has 0 bridgehead atoms. The van der Waals surface area contributed by atoms with E-state index < -0.39 is 247 Å². The fraction of sp³-hybridized carbons (Fsp3) is 0.731. The Balaban J connectivity index is -0.0000000886. The summed E-state index contributed by atoms with van der Waals surface area (Å²) in [5, 5.41) is 0. The van der Waals surface area contributed by atoms with Crippen molar-refractivity contribution in [2.75, 3.05) is 68.7 Å². The number of rotatable bonds is 37. The van der Waals surface area contributed by atoms with Gasteiger partial charge in [0.25, 0.3) is 0 Å². The Morgan fingerprint density at radius 1 is 0.220 bits per heavy atom. The quantitative estimate of drug-likeness (QED) is 0.0436. The zero-order chi connectivity index (χ0) is 102. The molecule has 0 saturated carbocycles. The van der Waals surface area contributed by atoms with E-state index in [9.17, 15) is 277 Å². The van der Waals surface area contributed by atoms with Crippen molar-refractivity contribution in [3.63, 3.8) is 0 Å². The van der Waals surface area contributed by atoms with E-state index in [1.807, 2.05) is 9.47 Å². The lowest BCUT2D eigenvalue weighted by molar-refractivity contribution is -0.516. The van der Waals surface area contributed by atoms with Crippen molar-refractivity contribution in [1.29, 1.82) is 0 Å². The number of ether oxygens (including phenoxy) is 12. The predicted octanol–water partition coefficient (Wildman–Crippen LogP) is 30.9. The lowest BCUT2D eigenvalue weighted by atomic mass is 10.2. The molecule has 127 heavy (non-hydrogen) atoms. The van der Waals surface area contributed by atoms with E-state index >= 15 is 0 Å². The molecule has 0 aliphatic carbocycles. The van der Waals surface area contributed by atoms with Crippen molar-refractivity contribution in [3.8, 4) is 0 Å². The maximum atomic E-state index is 13.4. The van der Waals surface area contributed by atoms with Crippen LogP contribution in [0, 0.1) is 0 Å². The fourth-order valence-corrected chi connectivity index (χ4v) is 3.40. The molecular formula is C52H57F63O12. The van der Waals surface area contributed by atoms with Crippen molar-refractivity contribution in [3.05, 3.63) is 84.7 Å². The largest absolute Gasteiger partial charge is 0.496 e.